The van der Waals surface area contributed by atoms with E-state index >= 15 is 0 Å². The standard InChI is InChI=1S/C23H20ClN3O4/c1-13(28)27-20(11-19(26-27)14-3-5-16(29-2)6-4-14)17-9-15-10-21-22(31-8-7-30-21)12-18(15)25-23(17)24/h3-6,9-10,12,20H,7-8,11H2,1-2H3/t20-/m0/s1. The third kappa shape index (κ3) is 3.55. The van der Waals surface area contributed by atoms with Crippen molar-refractivity contribution in [2.45, 2.75) is 19.4 Å². The second kappa shape index (κ2) is 7.74. The Balaban J connectivity index is 1.53. The third-order valence-corrected chi connectivity index (χ3v) is 5.78. The number of carbonyl (C=O) groups is 1. The van der Waals surface area contributed by atoms with Gasteiger partial charge in [-0.05, 0) is 42.0 Å². The van der Waals surface area contributed by atoms with Gasteiger partial charge < -0.3 is 14.2 Å². The number of halogens is 1. The minimum atomic E-state index is -0.341. The first-order valence-electron chi connectivity index (χ1n) is 9.95. The lowest BCUT2D eigenvalue weighted by Crippen LogP contribution is -2.24. The van der Waals surface area contributed by atoms with Crippen LogP contribution in [0.3, 0.4) is 0 Å². The normalized spacial score (nSPS) is 17.6. The highest BCUT2D eigenvalue weighted by atomic mass is 35.5. The van der Waals surface area contributed by atoms with Gasteiger partial charge in [-0.1, -0.05) is 11.6 Å². The number of nitrogens with zero attached hydrogens (tertiary/aromatic N) is 3. The lowest BCUT2D eigenvalue weighted by atomic mass is 9.98. The van der Waals surface area contributed by atoms with Crippen molar-refractivity contribution in [3.63, 3.8) is 0 Å². The molecule has 2 aliphatic rings. The Kier molecular flexibility index (Phi) is 4.90. The van der Waals surface area contributed by atoms with Crippen molar-refractivity contribution >= 4 is 34.1 Å². The highest BCUT2D eigenvalue weighted by molar-refractivity contribution is 6.30. The Morgan fingerprint density at radius 2 is 1.84 bits per heavy atom. The summed E-state index contributed by atoms with van der Waals surface area (Å²) >= 11 is 6.58. The number of fused-ring (bicyclic) bond motifs is 2. The van der Waals surface area contributed by atoms with Crippen molar-refractivity contribution in [2.24, 2.45) is 5.10 Å². The van der Waals surface area contributed by atoms with Gasteiger partial charge in [0, 0.05) is 30.4 Å². The molecule has 7 nitrogen and oxygen atoms in total. The molecule has 0 saturated heterocycles. The van der Waals surface area contributed by atoms with E-state index in [9.17, 15) is 4.79 Å². The topological polar surface area (TPSA) is 73.2 Å². The van der Waals surface area contributed by atoms with E-state index in [2.05, 4.69) is 10.1 Å². The predicted molar refractivity (Wildman–Crippen MR) is 117 cm³/mol. The summed E-state index contributed by atoms with van der Waals surface area (Å²) in [5, 5.41) is 7.27. The van der Waals surface area contributed by atoms with Crippen LogP contribution in [0.1, 0.15) is 30.5 Å². The van der Waals surface area contributed by atoms with Crippen molar-refractivity contribution in [3.05, 3.63) is 58.7 Å². The van der Waals surface area contributed by atoms with Crippen LogP contribution in [0.4, 0.5) is 0 Å². The minimum Gasteiger partial charge on any atom is -0.497 e. The van der Waals surface area contributed by atoms with Gasteiger partial charge in [-0.2, -0.15) is 5.10 Å². The van der Waals surface area contributed by atoms with Crippen LogP contribution < -0.4 is 14.2 Å². The number of hydrogen-bond donors (Lipinski definition) is 0. The van der Waals surface area contributed by atoms with Gasteiger partial charge in [0.1, 0.15) is 24.1 Å². The molecule has 0 radical (unpaired) electrons. The Morgan fingerprint density at radius 1 is 1.13 bits per heavy atom. The number of methoxy groups -OCH3 is 1. The zero-order valence-electron chi connectivity index (χ0n) is 17.1. The fourth-order valence-electron chi connectivity index (χ4n) is 3.94. The van der Waals surface area contributed by atoms with E-state index in [4.69, 9.17) is 25.8 Å². The Labute approximate surface area is 184 Å². The van der Waals surface area contributed by atoms with Gasteiger partial charge in [0.15, 0.2) is 11.5 Å². The van der Waals surface area contributed by atoms with Gasteiger partial charge in [0.25, 0.3) is 0 Å². The van der Waals surface area contributed by atoms with Crippen molar-refractivity contribution < 1.29 is 19.0 Å². The molecular weight excluding hydrogens is 418 g/mol. The number of hydrazone groups is 1. The summed E-state index contributed by atoms with van der Waals surface area (Å²) < 4.78 is 16.6. The van der Waals surface area contributed by atoms with Crippen LogP contribution in [0.2, 0.25) is 5.15 Å². The summed E-state index contributed by atoms with van der Waals surface area (Å²) in [4.78, 5) is 16.9. The number of carbonyl (C=O) groups excluding carboxylic acids is 1. The minimum absolute atomic E-state index is 0.160. The van der Waals surface area contributed by atoms with Gasteiger partial charge in [0.2, 0.25) is 5.91 Å². The molecule has 0 spiro atoms. The average Bonchev–Trinajstić information content (AvgIpc) is 3.23. The van der Waals surface area contributed by atoms with E-state index in [-0.39, 0.29) is 11.9 Å². The van der Waals surface area contributed by atoms with Gasteiger partial charge >= 0.3 is 0 Å². The molecule has 0 bridgehead atoms. The van der Waals surface area contributed by atoms with Crippen molar-refractivity contribution in [3.8, 4) is 17.2 Å². The molecule has 158 valence electrons. The number of benzene rings is 2. The summed E-state index contributed by atoms with van der Waals surface area (Å²) in [6.07, 6.45) is 0.531. The summed E-state index contributed by atoms with van der Waals surface area (Å²) in [6.45, 7) is 2.51. The SMILES string of the molecule is COc1ccc(C2=NN(C(C)=O)[C@H](c3cc4cc5c(cc4nc3Cl)OCCO5)C2)cc1. The molecule has 2 aromatic carbocycles. The van der Waals surface area contributed by atoms with Crippen LogP contribution in [0.15, 0.2) is 47.6 Å². The number of rotatable bonds is 3. The molecule has 0 aliphatic carbocycles. The summed E-state index contributed by atoms with van der Waals surface area (Å²) in [6, 6.07) is 13.0. The molecule has 3 heterocycles. The quantitative estimate of drug-likeness (QED) is 0.569. The third-order valence-electron chi connectivity index (χ3n) is 5.47. The van der Waals surface area contributed by atoms with Crippen LogP contribution in [-0.2, 0) is 4.79 Å². The van der Waals surface area contributed by atoms with E-state index in [0.29, 0.717) is 41.8 Å². The smallest absolute Gasteiger partial charge is 0.240 e. The molecule has 2 aliphatic heterocycles. The van der Waals surface area contributed by atoms with Crippen LogP contribution in [0, 0.1) is 0 Å². The Hall–Kier alpha value is -3.32. The maximum atomic E-state index is 12.4. The molecular formula is C23H20ClN3O4. The molecule has 3 aromatic rings. The molecule has 31 heavy (non-hydrogen) atoms. The highest BCUT2D eigenvalue weighted by Gasteiger charge is 2.33. The molecule has 1 atom stereocenters. The van der Waals surface area contributed by atoms with E-state index in [1.807, 2.05) is 42.5 Å². The van der Waals surface area contributed by atoms with Crippen LogP contribution >= 0.6 is 11.6 Å². The molecule has 1 aromatic heterocycles. The second-order valence-corrected chi connectivity index (χ2v) is 7.77. The summed E-state index contributed by atoms with van der Waals surface area (Å²) in [5.41, 5.74) is 3.19. The maximum absolute atomic E-state index is 12.4. The monoisotopic (exact) mass is 437 g/mol. The number of ether oxygens (including phenoxy) is 3. The van der Waals surface area contributed by atoms with E-state index < -0.39 is 0 Å². The van der Waals surface area contributed by atoms with Crippen molar-refractivity contribution in [1.82, 2.24) is 9.99 Å². The lowest BCUT2D eigenvalue weighted by Gasteiger charge is -2.22. The van der Waals surface area contributed by atoms with Crippen LogP contribution in [0.5, 0.6) is 17.2 Å². The first-order valence-corrected chi connectivity index (χ1v) is 10.3. The largest absolute Gasteiger partial charge is 0.497 e. The number of hydrogen-bond acceptors (Lipinski definition) is 6. The van der Waals surface area contributed by atoms with Crippen LogP contribution in [0.25, 0.3) is 10.9 Å². The van der Waals surface area contributed by atoms with Crippen molar-refractivity contribution in [1.29, 1.82) is 0 Å². The molecule has 0 N–H and O–H groups in total. The fourth-order valence-corrected chi connectivity index (χ4v) is 4.21. The number of amides is 1. The average molecular weight is 438 g/mol. The zero-order chi connectivity index (χ0) is 21.5. The highest BCUT2D eigenvalue weighted by Crippen LogP contribution is 2.40. The number of aromatic nitrogens is 1. The van der Waals surface area contributed by atoms with E-state index in [0.717, 1.165) is 28.0 Å². The van der Waals surface area contributed by atoms with E-state index in [1.54, 1.807) is 7.11 Å². The fraction of sp³-hybridized carbons (Fsp3) is 0.261. The van der Waals surface area contributed by atoms with Crippen molar-refractivity contribution in [2.75, 3.05) is 20.3 Å². The molecule has 8 heteroatoms. The van der Waals surface area contributed by atoms with Crippen LogP contribution in [-0.4, -0.2) is 41.9 Å². The van der Waals surface area contributed by atoms with Gasteiger partial charge in [-0.25, -0.2) is 9.99 Å². The molecule has 0 saturated carbocycles. The Bertz CT molecular complexity index is 1210. The number of pyridine rings is 1. The summed E-state index contributed by atoms with van der Waals surface area (Å²) in [7, 11) is 1.62. The molecule has 1 amide bonds. The maximum Gasteiger partial charge on any atom is 0.240 e. The van der Waals surface area contributed by atoms with E-state index in [1.165, 1.54) is 11.9 Å². The Morgan fingerprint density at radius 3 is 2.52 bits per heavy atom. The second-order valence-electron chi connectivity index (χ2n) is 7.42. The molecule has 0 fully saturated rings. The summed E-state index contributed by atoms with van der Waals surface area (Å²) in [5.74, 6) is 1.94. The zero-order valence-corrected chi connectivity index (χ0v) is 17.8. The van der Waals surface area contributed by atoms with Gasteiger partial charge in [-0.3, -0.25) is 4.79 Å². The first-order chi connectivity index (χ1) is 15.0. The molecule has 5 rings (SSSR count). The molecule has 0 unspecified atom stereocenters. The lowest BCUT2D eigenvalue weighted by molar-refractivity contribution is -0.130. The van der Waals surface area contributed by atoms with Gasteiger partial charge in [0.05, 0.1) is 24.4 Å². The predicted octanol–water partition coefficient (Wildman–Crippen LogP) is 4.37. The van der Waals surface area contributed by atoms with Gasteiger partial charge in [-0.15, -0.1) is 0 Å². The first kappa shape index (κ1) is 19.6.